The number of nitrogens with one attached hydrogen (secondary N) is 1. The van der Waals surface area contributed by atoms with Crippen molar-refractivity contribution in [1.82, 2.24) is 20.2 Å². The number of pyridine rings is 2. The van der Waals surface area contributed by atoms with Gasteiger partial charge in [0.25, 0.3) is 5.91 Å². The van der Waals surface area contributed by atoms with Crippen LogP contribution in [0.4, 0.5) is 0 Å². The highest BCUT2D eigenvalue weighted by atomic mass is 16.2. The maximum atomic E-state index is 13.2. The lowest BCUT2D eigenvalue weighted by atomic mass is 10.0. The Hall–Kier alpha value is -2.79. The van der Waals surface area contributed by atoms with Crippen molar-refractivity contribution in [1.29, 1.82) is 0 Å². The van der Waals surface area contributed by atoms with E-state index in [-0.39, 0.29) is 5.91 Å². The van der Waals surface area contributed by atoms with Crippen molar-refractivity contribution in [3.63, 3.8) is 0 Å². The van der Waals surface area contributed by atoms with Crippen molar-refractivity contribution in [2.75, 3.05) is 26.2 Å². The molecule has 1 amide bonds. The van der Waals surface area contributed by atoms with Gasteiger partial charge in [-0.1, -0.05) is 11.6 Å². The molecule has 25 heavy (non-hydrogen) atoms. The molecule has 2 aromatic heterocycles. The van der Waals surface area contributed by atoms with E-state index in [9.17, 15) is 4.79 Å². The Morgan fingerprint density at radius 3 is 2.60 bits per heavy atom. The smallest absolute Gasteiger partial charge is 0.254 e. The van der Waals surface area contributed by atoms with Crippen LogP contribution in [-0.2, 0) is 0 Å². The molecule has 1 aromatic carbocycles. The Morgan fingerprint density at radius 1 is 1.08 bits per heavy atom. The standard InChI is InChI=1S/C20H20N4O/c1-14-2-3-18-16(12-14)17(20(25)24-10-8-22-9-11-24)13-19(23-18)15-4-6-21-7-5-15/h2-7,12-13,22H,8-11H2,1H3. The molecule has 1 aliphatic heterocycles. The second kappa shape index (κ2) is 6.61. The van der Waals surface area contributed by atoms with E-state index >= 15 is 0 Å². The molecule has 1 fully saturated rings. The maximum Gasteiger partial charge on any atom is 0.254 e. The molecule has 0 saturated carbocycles. The maximum absolute atomic E-state index is 13.2. The quantitative estimate of drug-likeness (QED) is 0.784. The van der Waals surface area contributed by atoms with Crippen LogP contribution in [0.25, 0.3) is 22.2 Å². The Labute approximate surface area is 146 Å². The SMILES string of the molecule is Cc1ccc2nc(-c3ccncc3)cc(C(=O)N3CCNCC3)c2c1. The van der Waals surface area contributed by atoms with Crippen molar-refractivity contribution < 1.29 is 4.79 Å². The lowest BCUT2D eigenvalue weighted by molar-refractivity contribution is 0.0738. The van der Waals surface area contributed by atoms with Crippen LogP contribution in [0.5, 0.6) is 0 Å². The van der Waals surface area contributed by atoms with E-state index in [2.05, 4.69) is 10.3 Å². The van der Waals surface area contributed by atoms with E-state index < -0.39 is 0 Å². The predicted octanol–water partition coefficient (Wildman–Crippen LogP) is 2.65. The number of carbonyl (C=O) groups excluding carboxylic acids is 1. The topological polar surface area (TPSA) is 58.1 Å². The molecule has 0 spiro atoms. The van der Waals surface area contributed by atoms with Gasteiger partial charge >= 0.3 is 0 Å². The van der Waals surface area contributed by atoms with Crippen LogP contribution in [-0.4, -0.2) is 47.0 Å². The number of aromatic nitrogens is 2. The fraction of sp³-hybridized carbons (Fsp3) is 0.250. The van der Waals surface area contributed by atoms with E-state index in [4.69, 9.17) is 4.98 Å². The molecule has 4 rings (SSSR count). The minimum absolute atomic E-state index is 0.0785. The van der Waals surface area contributed by atoms with Gasteiger partial charge in [-0.25, -0.2) is 4.98 Å². The number of nitrogens with zero attached hydrogens (tertiary/aromatic N) is 3. The summed E-state index contributed by atoms with van der Waals surface area (Å²) in [5, 5.41) is 4.21. The molecule has 0 atom stereocenters. The number of amides is 1. The summed E-state index contributed by atoms with van der Waals surface area (Å²) in [5.74, 6) is 0.0785. The van der Waals surface area contributed by atoms with Gasteiger partial charge in [-0.2, -0.15) is 0 Å². The highest BCUT2D eigenvalue weighted by Gasteiger charge is 2.21. The molecule has 3 heterocycles. The number of rotatable bonds is 2. The molecule has 1 N–H and O–H groups in total. The largest absolute Gasteiger partial charge is 0.336 e. The van der Waals surface area contributed by atoms with E-state index in [0.29, 0.717) is 0 Å². The van der Waals surface area contributed by atoms with E-state index in [0.717, 1.165) is 59.5 Å². The Balaban J connectivity index is 1.87. The average molecular weight is 332 g/mol. The molecular formula is C20H20N4O. The third-order valence-electron chi connectivity index (χ3n) is 4.57. The Bertz CT molecular complexity index is 918. The third-order valence-corrected chi connectivity index (χ3v) is 4.57. The lowest BCUT2D eigenvalue weighted by Crippen LogP contribution is -2.46. The van der Waals surface area contributed by atoms with Crippen LogP contribution in [0.1, 0.15) is 15.9 Å². The van der Waals surface area contributed by atoms with Gasteiger partial charge in [0.1, 0.15) is 0 Å². The fourth-order valence-electron chi connectivity index (χ4n) is 3.23. The second-order valence-corrected chi connectivity index (χ2v) is 6.35. The van der Waals surface area contributed by atoms with E-state index in [1.54, 1.807) is 12.4 Å². The first-order chi connectivity index (χ1) is 12.2. The zero-order valence-electron chi connectivity index (χ0n) is 14.2. The summed E-state index contributed by atoms with van der Waals surface area (Å²) in [5.41, 5.74) is 4.46. The zero-order valence-corrected chi connectivity index (χ0v) is 14.2. The highest BCUT2D eigenvalue weighted by Crippen LogP contribution is 2.26. The predicted molar refractivity (Wildman–Crippen MR) is 98.5 cm³/mol. The Kier molecular flexibility index (Phi) is 4.15. The highest BCUT2D eigenvalue weighted by molar-refractivity contribution is 6.07. The number of benzene rings is 1. The molecule has 3 aromatic rings. The minimum Gasteiger partial charge on any atom is -0.336 e. The molecule has 0 radical (unpaired) electrons. The summed E-state index contributed by atoms with van der Waals surface area (Å²) in [6, 6.07) is 11.8. The first kappa shape index (κ1) is 15.7. The van der Waals surface area contributed by atoms with Crippen molar-refractivity contribution in [3.05, 3.63) is 59.9 Å². The van der Waals surface area contributed by atoms with Crippen LogP contribution in [0, 0.1) is 6.92 Å². The summed E-state index contributed by atoms with van der Waals surface area (Å²) in [4.78, 5) is 23.9. The first-order valence-electron chi connectivity index (χ1n) is 8.54. The van der Waals surface area contributed by atoms with Gasteiger partial charge < -0.3 is 10.2 Å². The number of aryl methyl sites for hydroxylation is 1. The number of carbonyl (C=O) groups is 1. The van der Waals surface area contributed by atoms with Gasteiger partial charge in [0.05, 0.1) is 16.8 Å². The molecule has 126 valence electrons. The molecule has 5 nitrogen and oxygen atoms in total. The molecule has 1 aliphatic rings. The van der Waals surface area contributed by atoms with Crippen LogP contribution in [0.15, 0.2) is 48.8 Å². The van der Waals surface area contributed by atoms with Gasteiger partial charge in [0.2, 0.25) is 0 Å². The van der Waals surface area contributed by atoms with E-state index in [1.807, 2.05) is 48.2 Å². The monoisotopic (exact) mass is 332 g/mol. The number of hydrogen-bond acceptors (Lipinski definition) is 4. The van der Waals surface area contributed by atoms with Gasteiger partial charge in [0.15, 0.2) is 0 Å². The molecule has 0 unspecified atom stereocenters. The fourth-order valence-corrected chi connectivity index (χ4v) is 3.23. The number of piperazine rings is 1. The van der Waals surface area contributed by atoms with Crippen molar-refractivity contribution in [2.24, 2.45) is 0 Å². The summed E-state index contributed by atoms with van der Waals surface area (Å²) in [6.45, 7) is 5.18. The van der Waals surface area contributed by atoms with Crippen molar-refractivity contribution >= 4 is 16.8 Å². The zero-order chi connectivity index (χ0) is 17.2. The normalized spacial score (nSPS) is 14.7. The van der Waals surface area contributed by atoms with E-state index in [1.165, 1.54) is 0 Å². The van der Waals surface area contributed by atoms with Crippen molar-refractivity contribution in [3.8, 4) is 11.3 Å². The van der Waals surface area contributed by atoms with Gasteiger partial charge in [-0.3, -0.25) is 9.78 Å². The van der Waals surface area contributed by atoms with Crippen LogP contribution in [0.2, 0.25) is 0 Å². The molecule has 0 bridgehead atoms. The van der Waals surface area contributed by atoms with Gasteiger partial charge in [-0.05, 0) is 37.3 Å². The number of hydrogen-bond donors (Lipinski definition) is 1. The molecule has 1 saturated heterocycles. The van der Waals surface area contributed by atoms with Crippen LogP contribution >= 0.6 is 0 Å². The average Bonchev–Trinajstić information content (AvgIpc) is 2.68. The van der Waals surface area contributed by atoms with Crippen molar-refractivity contribution in [2.45, 2.75) is 6.92 Å². The van der Waals surface area contributed by atoms with Gasteiger partial charge in [0, 0.05) is 49.5 Å². The lowest BCUT2D eigenvalue weighted by Gasteiger charge is -2.28. The summed E-state index contributed by atoms with van der Waals surface area (Å²) in [7, 11) is 0. The van der Waals surface area contributed by atoms with Crippen LogP contribution in [0.3, 0.4) is 0 Å². The molecule has 0 aliphatic carbocycles. The summed E-state index contributed by atoms with van der Waals surface area (Å²) < 4.78 is 0. The molecule has 5 heteroatoms. The summed E-state index contributed by atoms with van der Waals surface area (Å²) in [6.07, 6.45) is 3.49. The van der Waals surface area contributed by atoms with Gasteiger partial charge in [-0.15, -0.1) is 0 Å². The second-order valence-electron chi connectivity index (χ2n) is 6.35. The molecular weight excluding hydrogens is 312 g/mol. The third kappa shape index (κ3) is 3.10. The first-order valence-corrected chi connectivity index (χ1v) is 8.54. The number of fused-ring (bicyclic) bond motifs is 1. The summed E-state index contributed by atoms with van der Waals surface area (Å²) >= 11 is 0. The minimum atomic E-state index is 0.0785. The van der Waals surface area contributed by atoms with Crippen LogP contribution < -0.4 is 5.32 Å². The Morgan fingerprint density at radius 2 is 1.84 bits per heavy atom.